The highest BCUT2D eigenvalue weighted by Gasteiger charge is 2.26. The van der Waals surface area contributed by atoms with E-state index in [1.807, 2.05) is 0 Å². The van der Waals surface area contributed by atoms with Crippen LogP contribution < -0.4 is 0 Å². The monoisotopic (exact) mass is 223 g/mol. The van der Waals surface area contributed by atoms with Gasteiger partial charge in [-0.2, -0.15) is 5.10 Å². The molecule has 0 radical (unpaired) electrons. The summed E-state index contributed by atoms with van der Waals surface area (Å²) >= 11 is 0. The normalized spacial score (nSPS) is 21.7. The average molecular weight is 223 g/mol. The number of aromatic nitrogens is 2. The van der Waals surface area contributed by atoms with Gasteiger partial charge in [0.05, 0.1) is 17.9 Å². The second kappa shape index (κ2) is 3.88. The van der Waals surface area contributed by atoms with Gasteiger partial charge in [-0.3, -0.25) is 9.58 Å². The third-order valence-electron chi connectivity index (χ3n) is 3.35. The minimum Gasteiger partial charge on any atom is -0.295 e. The zero-order chi connectivity index (χ0) is 10.3. The van der Waals surface area contributed by atoms with Crippen molar-refractivity contribution in [1.82, 2.24) is 14.7 Å². The van der Waals surface area contributed by atoms with E-state index in [-0.39, 0.29) is 0 Å². The molecular weight excluding hydrogens is 205 g/mol. The molecule has 2 heterocycles. The summed E-state index contributed by atoms with van der Waals surface area (Å²) in [6.07, 6.45) is 3.88. The fourth-order valence-corrected chi connectivity index (χ4v) is 2.50. The SMILES string of the molecule is PCc1cc2n(n1)CCN(CC1CC1)C2. The van der Waals surface area contributed by atoms with Gasteiger partial charge in [0.2, 0.25) is 0 Å². The van der Waals surface area contributed by atoms with Crippen LogP contribution in [0.4, 0.5) is 0 Å². The first kappa shape index (κ1) is 9.80. The van der Waals surface area contributed by atoms with E-state index in [9.17, 15) is 0 Å². The molecule has 0 amide bonds. The lowest BCUT2D eigenvalue weighted by molar-refractivity contribution is 0.205. The standard InChI is InChI=1S/C11H18N3P/c15-8-10-5-11-7-13(6-9-1-2-9)3-4-14(11)12-10/h5,9H,1-4,6-8,15H2. The van der Waals surface area contributed by atoms with E-state index in [0.717, 1.165) is 25.2 Å². The predicted octanol–water partition coefficient (Wildman–Crippen LogP) is 1.48. The largest absolute Gasteiger partial charge is 0.295 e. The van der Waals surface area contributed by atoms with Crippen LogP contribution in [0, 0.1) is 5.92 Å². The summed E-state index contributed by atoms with van der Waals surface area (Å²) in [6.45, 7) is 4.67. The van der Waals surface area contributed by atoms with Crippen LogP contribution in [-0.2, 0) is 19.3 Å². The van der Waals surface area contributed by atoms with Gasteiger partial charge in [0.1, 0.15) is 0 Å². The molecule has 1 atom stereocenters. The highest BCUT2D eigenvalue weighted by molar-refractivity contribution is 7.15. The van der Waals surface area contributed by atoms with Gasteiger partial charge in [0.15, 0.2) is 0 Å². The summed E-state index contributed by atoms with van der Waals surface area (Å²) < 4.78 is 2.18. The maximum Gasteiger partial charge on any atom is 0.0665 e. The summed E-state index contributed by atoms with van der Waals surface area (Å²) in [7, 11) is 2.75. The Kier molecular flexibility index (Phi) is 2.53. The Morgan fingerprint density at radius 1 is 1.40 bits per heavy atom. The maximum absolute atomic E-state index is 4.57. The van der Waals surface area contributed by atoms with Crippen LogP contribution in [0.2, 0.25) is 0 Å². The number of hydrogen-bond donors (Lipinski definition) is 0. The molecule has 1 fully saturated rings. The third kappa shape index (κ3) is 2.09. The highest BCUT2D eigenvalue weighted by atomic mass is 31.0. The summed E-state index contributed by atoms with van der Waals surface area (Å²) in [5.41, 5.74) is 2.61. The maximum atomic E-state index is 4.57. The lowest BCUT2D eigenvalue weighted by Gasteiger charge is -2.27. The Balaban J connectivity index is 1.70. The molecule has 0 N–H and O–H groups in total. The van der Waals surface area contributed by atoms with Gasteiger partial charge < -0.3 is 0 Å². The van der Waals surface area contributed by atoms with Crippen molar-refractivity contribution in [2.45, 2.75) is 32.1 Å². The zero-order valence-electron chi connectivity index (χ0n) is 9.02. The van der Waals surface area contributed by atoms with Crippen molar-refractivity contribution < 1.29 is 0 Å². The fraction of sp³-hybridized carbons (Fsp3) is 0.727. The van der Waals surface area contributed by atoms with Crippen molar-refractivity contribution in [1.29, 1.82) is 0 Å². The topological polar surface area (TPSA) is 21.1 Å². The molecule has 1 aliphatic heterocycles. The molecule has 0 spiro atoms. The Morgan fingerprint density at radius 3 is 3.00 bits per heavy atom. The minimum atomic E-state index is 0.975. The van der Waals surface area contributed by atoms with Crippen molar-refractivity contribution >= 4 is 9.24 Å². The molecule has 4 heteroatoms. The molecule has 1 aromatic rings. The number of nitrogens with zero attached hydrogens (tertiary/aromatic N) is 3. The summed E-state index contributed by atoms with van der Waals surface area (Å²) in [4.78, 5) is 2.58. The van der Waals surface area contributed by atoms with Crippen LogP contribution in [0.5, 0.6) is 0 Å². The number of fused-ring (bicyclic) bond motifs is 1. The van der Waals surface area contributed by atoms with Crippen LogP contribution in [0.15, 0.2) is 6.07 Å². The van der Waals surface area contributed by atoms with Crippen LogP contribution in [0.1, 0.15) is 24.2 Å². The van der Waals surface area contributed by atoms with Crippen LogP contribution >= 0.6 is 9.24 Å². The summed E-state index contributed by atoms with van der Waals surface area (Å²) in [5.74, 6) is 1.00. The first-order valence-corrected chi connectivity index (χ1v) is 6.65. The summed E-state index contributed by atoms with van der Waals surface area (Å²) in [5, 5.41) is 4.57. The molecule has 2 aliphatic rings. The van der Waals surface area contributed by atoms with Crippen molar-refractivity contribution in [3.63, 3.8) is 0 Å². The van der Waals surface area contributed by atoms with Crippen molar-refractivity contribution in [2.24, 2.45) is 5.92 Å². The van der Waals surface area contributed by atoms with E-state index in [2.05, 4.69) is 30.0 Å². The van der Waals surface area contributed by atoms with Gasteiger partial charge >= 0.3 is 0 Å². The fourth-order valence-electron chi connectivity index (χ4n) is 2.30. The predicted molar refractivity (Wildman–Crippen MR) is 63.6 cm³/mol. The zero-order valence-corrected chi connectivity index (χ0v) is 10.2. The van der Waals surface area contributed by atoms with E-state index >= 15 is 0 Å². The number of rotatable bonds is 3. The Labute approximate surface area is 93.0 Å². The summed E-state index contributed by atoms with van der Waals surface area (Å²) in [6, 6.07) is 2.26. The van der Waals surface area contributed by atoms with Crippen LogP contribution in [0.25, 0.3) is 0 Å². The average Bonchev–Trinajstić information content (AvgIpc) is 2.96. The molecular formula is C11H18N3P. The number of hydrogen-bond acceptors (Lipinski definition) is 2. The minimum absolute atomic E-state index is 0.975. The molecule has 82 valence electrons. The molecule has 0 saturated heterocycles. The third-order valence-corrected chi connectivity index (χ3v) is 3.77. The van der Waals surface area contributed by atoms with Crippen molar-refractivity contribution in [3.8, 4) is 0 Å². The van der Waals surface area contributed by atoms with Crippen molar-refractivity contribution in [2.75, 3.05) is 13.1 Å². The highest BCUT2D eigenvalue weighted by Crippen LogP contribution is 2.30. The quantitative estimate of drug-likeness (QED) is 0.724. The Bertz CT molecular complexity index is 357. The second-order valence-corrected chi connectivity index (χ2v) is 5.14. The first-order valence-electron chi connectivity index (χ1n) is 5.83. The Hall–Kier alpha value is -0.400. The van der Waals surface area contributed by atoms with Gasteiger partial charge in [0.25, 0.3) is 0 Å². The van der Waals surface area contributed by atoms with E-state index in [1.54, 1.807) is 0 Å². The Morgan fingerprint density at radius 2 is 2.27 bits per heavy atom. The molecule has 3 rings (SSSR count). The van der Waals surface area contributed by atoms with E-state index in [1.165, 1.54) is 37.3 Å². The lowest BCUT2D eigenvalue weighted by atomic mass is 10.2. The van der Waals surface area contributed by atoms with Crippen LogP contribution in [0.3, 0.4) is 0 Å². The van der Waals surface area contributed by atoms with Gasteiger partial charge in [-0.25, -0.2) is 0 Å². The molecule has 1 saturated carbocycles. The molecule has 15 heavy (non-hydrogen) atoms. The first-order chi connectivity index (χ1) is 7.35. The molecule has 0 bridgehead atoms. The molecule has 1 aromatic heterocycles. The van der Waals surface area contributed by atoms with Gasteiger partial charge in [-0.15, -0.1) is 9.24 Å². The van der Waals surface area contributed by atoms with Crippen molar-refractivity contribution in [3.05, 3.63) is 17.5 Å². The van der Waals surface area contributed by atoms with Gasteiger partial charge in [0, 0.05) is 25.8 Å². The van der Waals surface area contributed by atoms with E-state index in [4.69, 9.17) is 0 Å². The van der Waals surface area contributed by atoms with E-state index in [0.29, 0.717) is 0 Å². The molecule has 0 aromatic carbocycles. The van der Waals surface area contributed by atoms with Gasteiger partial charge in [-0.1, -0.05) is 0 Å². The lowest BCUT2D eigenvalue weighted by Crippen LogP contribution is -2.35. The molecule has 1 unspecified atom stereocenters. The van der Waals surface area contributed by atoms with Crippen LogP contribution in [-0.4, -0.2) is 27.8 Å². The molecule has 1 aliphatic carbocycles. The smallest absolute Gasteiger partial charge is 0.0665 e. The van der Waals surface area contributed by atoms with E-state index < -0.39 is 0 Å². The van der Waals surface area contributed by atoms with Gasteiger partial charge in [-0.05, 0) is 24.8 Å². The second-order valence-electron chi connectivity index (χ2n) is 4.73. The molecule has 3 nitrogen and oxygen atoms in total.